The van der Waals surface area contributed by atoms with Gasteiger partial charge >= 0.3 is 6.03 Å². The first-order valence-corrected chi connectivity index (χ1v) is 8.22. The molecule has 0 aliphatic heterocycles. The first kappa shape index (κ1) is 17.0. The van der Waals surface area contributed by atoms with Crippen LogP contribution in [0.5, 0.6) is 0 Å². The van der Waals surface area contributed by atoms with E-state index in [-0.39, 0.29) is 6.03 Å². The summed E-state index contributed by atoms with van der Waals surface area (Å²) in [4.78, 5) is 16.0. The Morgan fingerprint density at radius 2 is 2.04 bits per heavy atom. The summed E-state index contributed by atoms with van der Waals surface area (Å²) in [6.45, 7) is 4.81. The highest BCUT2D eigenvalue weighted by atomic mass is 16.2. The maximum Gasteiger partial charge on any atom is 0.319 e. The molecule has 2 aromatic rings. The van der Waals surface area contributed by atoms with Gasteiger partial charge in [-0.3, -0.25) is 4.98 Å². The zero-order valence-corrected chi connectivity index (χ0v) is 13.9. The predicted molar refractivity (Wildman–Crippen MR) is 94.8 cm³/mol. The van der Waals surface area contributed by atoms with E-state index in [0.29, 0.717) is 6.54 Å². The largest absolute Gasteiger partial charge is 0.338 e. The Hall–Kier alpha value is -2.36. The molecule has 23 heavy (non-hydrogen) atoms. The molecule has 1 aromatic heterocycles. The molecule has 2 rings (SSSR count). The van der Waals surface area contributed by atoms with Crippen molar-refractivity contribution in [2.75, 3.05) is 11.9 Å². The van der Waals surface area contributed by atoms with E-state index in [9.17, 15) is 4.79 Å². The highest BCUT2D eigenvalue weighted by molar-refractivity contribution is 5.90. The number of carbonyl (C=O) groups excluding carboxylic acids is 1. The van der Waals surface area contributed by atoms with Crippen LogP contribution in [-0.4, -0.2) is 17.6 Å². The van der Waals surface area contributed by atoms with Gasteiger partial charge < -0.3 is 10.6 Å². The molecule has 0 aliphatic carbocycles. The normalized spacial score (nSPS) is 10.3. The van der Waals surface area contributed by atoms with Gasteiger partial charge in [-0.05, 0) is 55.0 Å². The number of rotatable bonds is 7. The first-order chi connectivity index (χ1) is 11.2. The lowest BCUT2D eigenvalue weighted by atomic mass is 10.0. The number of nitrogens with one attached hydrogen (secondary N) is 2. The fourth-order valence-corrected chi connectivity index (χ4v) is 2.44. The van der Waals surface area contributed by atoms with Crippen LogP contribution in [0.1, 0.15) is 36.5 Å². The van der Waals surface area contributed by atoms with Gasteiger partial charge in [-0.1, -0.05) is 31.5 Å². The van der Waals surface area contributed by atoms with Crippen molar-refractivity contribution in [3.05, 3.63) is 59.4 Å². The Labute approximate surface area is 138 Å². The number of pyridine rings is 1. The summed E-state index contributed by atoms with van der Waals surface area (Å²) in [5.41, 5.74) is 4.40. The summed E-state index contributed by atoms with van der Waals surface area (Å²) < 4.78 is 0. The minimum absolute atomic E-state index is 0.168. The van der Waals surface area contributed by atoms with Gasteiger partial charge in [-0.15, -0.1) is 0 Å². The van der Waals surface area contributed by atoms with Crippen LogP contribution in [0, 0.1) is 6.92 Å². The Balaban J connectivity index is 1.80. The van der Waals surface area contributed by atoms with Crippen molar-refractivity contribution in [1.29, 1.82) is 0 Å². The molecular weight excluding hydrogens is 286 g/mol. The van der Waals surface area contributed by atoms with Gasteiger partial charge in [0, 0.05) is 24.6 Å². The molecule has 1 heterocycles. The van der Waals surface area contributed by atoms with Crippen LogP contribution in [0.3, 0.4) is 0 Å². The number of unbranched alkanes of at least 4 members (excludes halogenated alkanes) is 1. The Morgan fingerprint density at radius 1 is 1.17 bits per heavy atom. The number of hydrogen-bond acceptors (Lipinski definition) is 2. The van der Waals surface area contributed by atoms with Crippen LogP contribution >= 0.6 is 0 Å². The number of aryl methyl sites for hydroxylation is 2. The van der Waals surface area contributed by atoms with Gasteiger partial charge in [0.25, 0.3) is 0 Å². The van der Waals surface area contributed by atoms with Crippen molar-refractivity contribution in [1.82, 2.24) is 10.3 Å². The number of aromatic nitrogens is 1. The average Bonchev–Trinajstić information content (AvgIpc) is 2.56. The minimum atomic E-state index is -0.168. The van der Waals surface area contributed by atoms with E-state index < -0.39 is 0 Å². The third-order valence-electron chi connectivity index (χ3n) is 3.78. The number of carbonyl (C=O) groups is 1. The van der Waals surface area contributed by atoms with Gasteiger partial charge in [-0.2, -0.15) is 0 Å². The number of anilines is 1. The van der Waals surface area contributed by atoms with Crippen molar-refractivity contribution in [2.45, 2.75) is 39.5 Å². The number of urea groups is 1. The van der Waals surface area contributed by atoms with Crippen LogP contribution in [0.2, 0.25) is 0 Å². The number of benzene rings is 1. The monoisotopic (exact) mass is 311 g/mol. The maximum atomic E-state index is 12.0. The second-order valence-electron chi connectivity index (χ2n) is 5.75. The molecule has 0 radical (unpaired) electrons. The lowest BCUT2D eigenvalue weighted by Gasteiger charge is -2.11. The molecule has 0 fully saturated rings. The Kier molecular flexibility index (Phi) is 6.60. The molecule has 0 atom stereocenters. The molecule has 0 saturated heterocycles. The second kappa shape index (κ2) is 8.93. The molecule has 0 spiro atoms. The summed E-state index contributed by atoms with van der Waals surface area (Å²) in [5.74, 6) is 0. The van der Waals surface area contributed by atoms with Gasteiger partial charge in [0.05, 0.1) is 0 Å². The zero-order chi connectivity index (χ0) is 16.5. The fraction of sp³-hybridized carbons (Fsp3) is 0.368. The molecule has 0 aliphatic rings. The summed E-state index contributed by atoms with van der Waals surface area (Å²) >= 11 is 0. The molecule has 2 N–H and O–H groups in total. The van der Waals surface area contributed by atoms with Gasteiger partial charge in [-0.25, -0.2) is 4.79 Å². The Bertz CT molecular complexity index is 626. The molecular formula is C19H25N3O. The van der Waals surface area contributed by atoms with Crippen LogP contribution in [0.25, 0.3) is 0 Å². The minimum Gasteiger partial charge on any atom is -0.338 e. The number of nitrogens with zero attached hydrogens (tertiary/aromatic N) is 1. The standard InChI is InChI=1S/C19H25N3O/c1-3-4-6-16-8-9-18(15(2)13-16)22-19(23)21-12-10-17-7-5-11-20-14-17/h5,7-9,11,13-14H,3-4,6,10,12H2,1-2H3,(H2,21,22,23). The lowest BCUT2D eigenvalue weighted by molar-refractivity contribution is 0.252. The quantitative estimate of drug-likeness (QED) is 0.809. The highest BCUT2D eigenvalue weighted by Gasteiger charge is 2.05. The van der Waals surface area contributed by atoms with Gasteiger partial charge in [0.2, 0.25) is 0 Å². The van der Waals surface area contributed by atoms with Crippen molar-refractivity contribution in [3.8, 4) is 0 Å². The van der Waals surface area contributed by atoms with Gasteiger partial charge in [0.15, 0.2) is 0 Å². The van der Waals surface area contributed by atoms with Crippen molar-refractivity contribution < 1.29 is 4.79 Å². The Morgan fingerprint density at radius 3 is 2.74 bits per heavy atom. The molecule has 4 nitrogen and oxygen atoms in total. The molecule has 1 aromatic carbocycles. The zero-order valence-electron chi connectivity index (χ0n) is 13.9. The van der Waals surface area contributed by atoms with Gasteiger partial charge in [0.1, 0.15) is 0 Å². The van der Waals surface area contributed by atoms with E-state index in [1.54, 1.807) is 6.20 Å². The fourth-order valence-electron chi connectivity index (χ4n) is 2.44. The van der Waals surface area contributed by atoms with E-state index in [1.165, 1.54) is 18.4 Å². The lowest BCUT2D eigenvalue weighted by Crippen LogP contribution is -2.30. The molecule has 0 bridgehead atoms. The predicted octanol–water partition coefficient (Wildman–Crippen LogP) is 4.10. The van der Waals surface area contributed by atoms with Crippen LogP contribution in [0.15, 0.2) is 42.7 Å². The highest BCUT2D eigenvalue weighted by Crippen LogP contribution is 2.17. The maximum absolute atomic E-state index is 12.0. The number of amides is 2. The van der Waals surface area contributed by atoms with Crippen LogP contribution in [-0.2, 0) is 12.8 Å². The second-order valence-corrected chi connectivity index (χ2v) is 5.75. The van der Waals surface area contributed by atoms with Crippen molar-refractivity contribution in [2.24, 2.45) is 0 Å². The number of hydrogen-bond donors (Lipinski definition) is 2. The van der Waals surface area contributed by atoms with E-state index in [1.807, 2.05) is 31.3 Å². The summed E-state index contributed by atoms with van der Waals surface area (Å²) in [5, 5.41) is 5.79. The van der Waals surface area contributed by atoms with E-state index in [4.69, 9.17) is 0 Å². The average molecular weight is 311 g/mol. The topological polar surface area (TPSA) is 54.0 Å². The van der Waals surface area contributed by atoms with Crippen molar-refractivity contribution >= 4 is 11.7 Å². The molecule has 0 saturated carbocycles. The van der Waals surface area contributed by atoms with E-state index in [2.05, 4.69) is 34.7 Å². The molecule has 2 amide bonds. The van der Waals surface area contributed by atoms with Crippen LogP contribution < -0.4 is 10.6 Å². The van der Waals surface area contributed by atoms with E-state index in [0.717, 1.165) is 29.7 Å². The summed E-state index contributed by atoms with van der Waals surface area (Å²) in [6, 6.07) is 9.97. The SMILES string of the molecule is CCCCc1ccc(NC(=O)NCCc2cccnc2)c(C)c1. The third kappa shape index (κ3) is 5.74. The first-order valence-electron chi connectivity index (χ1n) is 8.22. The molecule has 122 valence electrons. The van der Waals surface area contributed by atoms with Crippen molar-refractivity contribution in [3.63, 3.8) is 0 Å². The smallest absolute Gasteiger partial charge is 0.319 e. The third-order valence-corrected chi connectivity index (χ3v) is 3.78. The summed E-state index contributed by atoms with van der Waals surface area (Å²) in [7, 11) is 0. The molecule has 0 unspecified atom stereocenters. The molecule has 4 heteroatoms. The van der Waals surface area contributed by atoms with E-state index >= 15 is 0 Å². The summed E-state index contributed by atoms with van der Waals surface area (Å²) in [6.07, 6.45) is 7.82. The van der Waals surface area contributed by atoms with Crippen LogP contribution in [0.4, 0.5) is 10.5 Å².